The van der Waals surface area contributed by atoms with Crippen LogP contribution in [0.1, 0.15) is 62.0 Å². The van der Waals surface area contributed by atoms with Gasteiger partial charge in [-0.2, -0.15) is 0 Å². The number of hydrogen-bond acceptors (Lipinski definition) is 3. The van der Waals surface area contributed by atoms with Gasteiger partial charge in [-0.05, 0) is 39.2 Å². The first-order chi connectivity index (χ1) is 12.3. The minimum Gasteiger partial charge on any atom is -0.444 e. The van der Waals surface area contributed by atoms with Crippen molar-refractivity contribution in [2.45, 2.75) is 51.7 Å². The number of ether oxygens (including phenoxy) is 1. The summed E-state index contributed by atoms with van der Waals surface area (Å²) >= 11 is 0. The molecular weight excluding hydrogens is 326 g/mol. The molecule has 4 heteroatoms. The quantitative estimate of drug-likeness (QED) is 0.687. The summed E-state index contributed by atoms with van der Waals surface area (Å²) in [6.45, 7) is 5.51. The first-order valence-corrected chi connectivity index (χ1v) is 8.98. The van der Waals surface area contributed by atoms with E-state index in [0.29, 0.717) is 19.3 Å². The monoisotopic (exact) mass is 353 g/mol. The van der Waals surface area contributed by atoms with E-state index in [-0.39, 0.29) is 11.8 Å². The smallest absolute Gasteiger partial charge is 0.408 e. The van der Waals surface area contributed by atoms with Gasteiger partial charge < -0.3 is 10.1 Å². The SMILES string of the molecule is CC(C)(C)OC(=O)N[C@H](CCCC(=O)c1ccccc1)c1ccccc1. The zero-order valence-corrected chi connectivity index (χ0v) is 15.7. The van der Waals surface area contributed by atoms with Crippen molar-refractivity contribution < 1.29 is 14.3 Å². The lowest BCUT2D eigenvalue weighted by atomic mass is 9.98. The third-order valence-corrected chi connectivity index (χ3v) is 3.89. The molecule has 2 rings (SSSR count). The Morgan fingerprint density at radius 2 is 1.54 bits per heavy atom. The average Bonchev–Trinajstić information content (AvgIpc) is 2.60. The molecule has 0 saturated heterocycles. The molecule has 0 saturated carbocycles. The Balaban J connectivity index is 1.96. The topological polar surface area (TPSA) is 55.4 Å². The van der Waals surface area contributed by atoms with Crippen molar-refractivity contribution in [1.29, 1.82) is 0 Å². The molecule has 0 unspecified atom stereocenters. The van der Waals surface area contributed by atoms with Crippen LogP contribution >= 0.6 is 0 Å². The molecule has 0 aliphatic heterocycles. The maximum atomic E-state index is 12.3. The van der Waals surface area contributed by atoms with E-state index in [4.69, 9.17) is 4.74 Å². The zero-order valence-electron chi connectivity index (χ0n) is 15.7. The summed E-state index contributed by atoms with van der Waals surface area (Å²) < 4.78 is 5.37. The van der Waals surface area contributed by atoms with E-state index in [1.807, 2.05) is 81.4 Å². The molecule has 0 fully saturated rings. The Morgan fingerprint density at radius 1 is 0.962 bits per heavy atom. The molecule has 2 aromatic rings. The number of carbonyl (C=O) groups is 2. The highest BCUT2D eigenvalue weighted by Gasteiger charge is 2.20. The fourth-order valence-electron chi connectivity index (χ4n) is 2.69. The van der Waals surface area contributed by atoms with Crippen molar-refractivity contribution in [1.82, 2.24) is 5.32 Å². The first-order valence-electron chi connectivity index (χ1n) is 8.98. The standard InChI is InChI=1S/C22H27NO3/c1-22(2,3)26-21(25)23-19(17-11-6-4-7-12-17)15-10-16-20(24)18-13-8-5-9-14-18/h4-9,11-14,19H,10,15-16H2,1-3H3,(H,23,25)/t19-/m1/s1. The Hall–Kier alpha value is -2.62. The van der Waals surface area contributed by atoms with Gasteiger partial charge in [-0.1, -0.05) is 60.7 Å². The number of carbonyl (C=O) groups excluding carboxylic acids is 2. The predicted octanol–water partition coefficient (Wildman–Crippen LogP) is 5.31. The Morgan fingerprint density at radius 3 is 2.12 bits per heavy atom. The van der Waals surface area contributed by atoms with Crippen LogP contribution in [0.25, 0.3) is 0 Å². The van der Waals surface area contributed by atoms with Crippen LogP contribution in [0.3, 0.4) is 0 Å². The number of rotatable bonds is 7. The van der Waals surface area contributed by atoms with E-state index in [1.54, 1.807) is 0 Å². The Labute approximate surface area is 155 Å². The Kier molecular flexibility index (Phi) is 6.96. The van der Waals surface area contributed by atoms with Gasteiger partial charge >= 0.3 is 6.09 Å². The minimum absolute atomic E-state index is 0.120. The third-order valence-electron chi connectivity index (χ3n) is 3.89. The van der Waals surface area contributed by atoms with Crippen LogP contribution in [0.5, 0.6) is 0 Å². The van der Waals surface area contributed by atoms with E-state index in [0.717, 1.165) is 11.1 Å². The van der Waals surface area contributed by atoms with Gasteiger partial charge in [-0.15, -0.1) is 0 Å². The molecule has 4 nitrogen and oxygen atoms in total. The molecule has 2 aromatic carbocycles. The fourth-order valence-corrected chi connectivity index (χ4v) is 2.69. The number of benzene rings is 2. The van der Waals surface area contributed by atoms with Crippen molar-refractivity contribution >= 4 is 11.9 Å². The van der Waals surface area contributed by atoms with E-state index < -0.39 is 11.7 Å². The summed E-state index contributed by atoms with van der Waals surface area (Å²) in [7, 11) is 0. The maximum absolute atomic E-state index is 12.3. The number of amides is 1. The second-order valence-corrected chi connectivity index (χ2v) is 7.29. The molecule has 1 amide bonds. The van der Waals surface area contributed by atoms with Gasteiger partial charge in [-0.3, -0.25) is 4.79 Å². The highest BCUT2D eigenvalue weighted by molar-refractivity contribution is 5.95. The van der Waals surface area contributed by atoms with Gasteiger partial charge in [0.15, 0.2) is 5.78 Å². The number of ketones is 1. The molecule has 1 N–H and O–H groups in total. The van der Waals surface area contributed by atoms with E-state index >= 15 is 0 Å². The van der Waals surface area contributed by atoms with Crippen molar-refractivity contribution in [2.75, 3.05) is 0 Å². The summed E-state index contributed by atoms with van der Waals surface area (Å²) in [5.41, 5.74) is 1.18. The summed E-state index contributed by atoms with van der Waals surface area (Å²) in [5.74, 6) is 0.120. The lowest BCUT2D eigenvalue weighted by molar-refractivity contribution is 0.0500. The summed E-state index contributed by atoms with van der Waals surface area (Å²) in [4.78, 5) is 24.4. The number of hydrogen-bond donors (Lipinski definition) is 1. The van der Waals surface area contributed by atoms with Gasteiger partial charge in [0.2, 0.25) is 0 Å². The lowest BCUT2D eigenvalue weighted by Gasteiger charge is -2.24. The van der Waals surface area contributed by atoms with E-state index in [2.05, 4.69) is 5.32 Å². The van der Waals surface area contributed by atoms with Crippen LogP contribution in [0.4, 0.5) is 4.79 Å². The van der Waals surface area contributed by atoms with Crippen LogP contribution in [-0.2, 0) is 4.74 Å². The van der Waals surface area contributed by atoms with Gasteiger partial charge in [0, 0.05) is 12.0 Å². The second-order valence-electron chi connectivity index (χ2n) is 7.29. The maximum Gasteiger partial charge on any atom is 0.408 e. The Bertz CT molecular complexity index is 705. The highest BCUT2D eigenvalue weighted by atomic mass is 16.6. The van der Waals surface area contributed by atoms with Crippen molar-refractivity contribution in [2.24, 2.45) is 0 Å². The van der Waals surface area contributed by atoms with Crippen molar-refractivity contribution in [3.8, 4) is 0 Å². The van der Waals surface area contributed by atoms with Gasteiger partial charge in [0.05, 0.1) is 6.04 Å². The van der Waals surface area contributed by atoms with Crippen LogP contribution in [-0.4, -0.2) is 17.5 Å². The molecule has 0 aliphatic rings. The van der Waals surface area contributed by atoms with Crippen LogP contribution < -0.4 is 5.32 Å². The molecule has 0 bridgehead atoms. The highest BCUT2D eigenvalue weighted by Crippen LogP contribution is 2.21. The molecule has 0 radical (unpaired) electrons. The van der Waals surface area contributed by atoms with Gasteiger partial charge in [0.25, 0.3) is 0 Å². The predicted molar refractivity (Wildman–Crippen MR) is 103 cm³/mol. The zero-order chi connectivity index (χ0) is 19.0. The van der Waals surface area contributed by atoms with Gasteiger partial charge in [-0.25, -0.2) is 4.79 Å². The lowest BCUT2D eigenvalue weighted by Crippen LogP contribution is -2.35. The van der Waals surface area contributed by atoms with Crippen LogP contribution in [0.15, 0.2) is 60.7 Å². The molecule has 138 valence electrons. The van der Waals surface area contributed by atoms with Crippen molar-refractivity contribution in [3.05, 3.63) is 71.8 Å². The minimum atomic E-state index is -0.547. The molecular formula is C22H27NO3. The number of Topliss-reactive ketones (excluding diaryl/α,β-unsaturated/α-hetero) is 1. The average molecular weight is 353 g/mol. The molecule has 0 spiro atoms. The molecule has 0 aromatic heterocycles. The number of nitrogens with one attached hydrogen (secondary N) is 1. The summed E-state index contributed by atoms with van der Waals surface area (Å²) in [6.07, 6.45) is 1.36. The normalized spacial score (nSPS) is 12.3. The van der Waals surface area contributed by atoms with Gasteiger partial charge in [0.1, 0.15) is 5.60 Å². The van der Waals surface area contributed by atoms with Crippen molar-refractivity contribution in [3.63, 3.8) is 0 Å². The van der Waals surface area contributed by atoms with Crippen LogP contribution in [0.2, 0.25) is 0 Å². The largest absolute Gasteiger partial charge is 0.444 e. The van der Waals surface area contributed by atoms with E-state index in [9.17, 15) is 9.59 Å². The third kappa shape index (κ3) is 6.71. The number of alkyl carbamates (subject to hydrolysis) is 1. The molecule has 1 atom stereocenters. The summed E-state index contributed by atoms with van der Waals surface area (Å²) in [5, 5.41) is 2.93. The second kappa shape index (κ2) is 9.18. The first kappa shape index (κ1) is 19.7. The summed E-state index contributed by atoms with van der Waals surface area (Å²) in [6, 6.07) is 18.9. The molecule has 0 aliphatic carbocycles. The van der Waals surface area contributed by atoms with E-state index in [1.165, 1.54) is 0 Å². The molecule has 0 heterocycles. The van der Waals surface area contributed by atoms with Crippen LogP contribution in [0, 0.1) is 0 Å². The fraction of sp³-hybridized carbons (Fsp3) is 0.364. The molecule has 26 heavy (non-hydrogen) atoms.